The highest BCUT2D eigenvalue weighted by molar-refractivity contribution is 5.78. The third kappa shape index (κ3) is 11.5. The summed E-state index contributed by atoms with van der Waals surface area (Å²) in [6.45, 7) is 6.92. The third-order valence-corrected chi connectivity index (χ3v) is 4.70. The van der Waals surface area contributed by atoms with Gasteiger partial charge in [0.25, 0.3) is 0 Å². The minimum absolute atomic E-state index is 0.102. The van der Waals surface area contributed by atoms with Crippen molar-refractivity contribution in [1.29, 1.82) is 0 Å². The van der Waals surface area contributed by atoms with Crippen LogP contribution in [-0.4, -0.2) is 61.7 Å². The van der Waals surface area contributed by atoms with Crippen LogP contribution in [0.4, 0.5) is 0 Å². The first-order valence-electron chi connectivity index (χ1n) is 10.00. The van der Waals surface area contributed by atoms with Crippen molar-refractivity contribution in [3.05, 3.63) is 0 Å². The van der Waals surface area contributed by atoms with Gasteiger partial charge in [0, 0.05) is 25.0 Å². The van der Waals surface area contributed by atoms with E-state index in [1.54, 1.807) is 0 Å². The van der Waals surface area contributed by atoms with Gasteiger partial charge in [-0.15, -0.1) is 0 Å². The Hall–Kier alpha value is -0.690. The molecule has 0 atom stereocenters. The lowest BCUT2D eigenvalue weighted by molar-refractivity contribution is -0.129. The van der Waals surface area contributed by atoms with Crippen LogP contribution in [0, 0.1) is 5.92 Å². The van der Waals surface area contributed by atoms with Crippen LogP contribution in [0.25, 0.3) is 0 Å². The second-order valence-electron chi connectivity index (χ2n) is 7.17. The number of carbonyl (C=O) groups excluding carboxylic acids is 1. The fourth-order valence-electron chi connectivity index (χ4n) is 3.02. The zero-order valence-corrected chi connectivity index (χ0v) is 16.2. The van der Waals surface area contributed by atoms with Gasteiger partial charge in [-0.25, -0.2) is 0 Å². The van der Waals surface area contributed by atoms with E-state index in [0.29, 0.717) is 39.5 Å². The molecule has 2 N–H and O–H groups in total. The summed E-state index contributed by atoms with van der Waals surface area (Å²) in [6.07, 6.45) is 9.56. The molecule has 25 heavy (non-hydrogen) atoms. The number of ether oxygens (including phenoxy) is 2. The maximum absolute atomic E-state index is 12.2. The zero-order chi connectivity index (χ0) is 18.3. The Balaban J connectivity index is 1.96. The van der Waals surface area contributed by atoms with Gasteiger partial charge in [-0.1, -0.05) is 38.5 Å². The summed E-state index contributed by atoms with van der Waals surface area (Å²) in [6, 6.07) is 0.102. The number of carbonyl (C=O) groups is 1. The normalized spacial score (nSPS) is 17.3. The van der Waals surface area contributed by atoms with Gasteiger partial charge in [0.2, 0.25) is 5.91 Å². The van der Waals surface area contributed by atoms with Gasteiger partial charge in [0.15, 0.2) is 0 Å². The summed E-state index contributed by atoms with van der Waals surface area (Å²) in [4.78, 5) is 12.2. The number of hydroxylamine groups is 2. The molecule has 1 rings (SSSR count). The molecule has 0 radical (unpaired) electrons. The van der Waals surface area contributed by atoms with Crippen molar-refractivity contribution >= 4 is 5.91 Å². The van der Waals surface area contributed by atoms with Crippen LogP contribution in [0.1, 0.15) is 65.2 Å². The summed E-state index contributed by atoms with van der Waals surface area (Å²) in [7, 11) is 0. The van der Waals surface area contributed by atoms with Gasteiger partial charge >= 0.3 is 0 Å². The Morgan fingerprint density at radius 1 is 1.00 bits per heavy atom. The average molecular weight is 359 g/mol. The first-order chi connectivity index (χ1) is 12.1. The van der Waals surface area contributed by atoms with E-state index in [0.717, 1.165) is 12.8 Å². The van der Waals surface area contributed by atoms with Gasteiger partial charge in [0.1, 0.15) is 0 Å². The summed E-state index contributed by atoms with van der Waals surface area (Å²) < 4.78 is 10.9. The van der Waals surface area contributed by atoms with Gasteiger partial charge in [-0.3, -0.25) is 4.79 Å². The van der Waals surface area contributed by atoms with E-state index in [9.17, 15) is 10.0 Å². The molecule has 0 aliphatic heterocycles. The van der Waals surface area contributed by atoms with Crippen LogP contribution < -0.4 is 5.32 Å². The maximum Gasteiger partial charge on any atom is 0.223 e. The van der Waals surface area contributed by atoms with E-state index < -0.39 is 0 Å². The quantitative estimate of drug-likeness (QED) is 0.439. The molecule has 1 aliphatic carbocycles. The van der Waals surface area contributed by atoms with Gasteiger partial charge in [-0.2, -0.15) is 5.06 Å². The fraction of sp³-hybridized carbons (Fsp3) is 0.947. The molecule has 1 aliphatic rings. The third-order valence-electron chi connectivity index (χ3n) is 4.70. The molecule has 148 valence electrons. The number of nitrogens with zero attached hydrogens (tertiary/aromatic N) is 1. The predicted octanol–water partition coefficient (Wildman–Crippen LogP) is 2.99. The Morgan fingerprint density at radius 3 is 2.16 bits per heavy atom. The zero-order valence-electron chi connectivity index (χ0n) is 16.2. The SMILES string of the molecule is CC(C)N(O)CCOCCOCCNC(=O)C1CCCCCCCC1. The first kappa shape index (κ1) is 22.4. The second kappa shape index (κ2) is 14.5. The molecule has 1 fully saturated rings. The summed E-state index contributed by atoms with van der Waals surface area (Å²) in [5.74, 6) is 0.377. The fourth-order valence-corrected chi connectivity index (χ4v) is 3.02. The van der Waals surface area contributed by atoms with E-state index >= 15 is 0 Å². The van der Waals surface area contributed by atoms with E-state index in [-0.39, 0.29) is 17.9 Å². The molecular weight excluding hydrogens is 320 g/mol. The minimum Gasteiger partial charge on any atom is -0.378 e. The maximum atomic E-state index is 12.2. The van der Waals surface area contributed by atoms with E-state index in [2.05, 4.69) is 5.32 Å². The lowest BCUT2D eigenvalue weighted by Gasteiger charge is -2.18. The van der Waals surface area contributed by atoms with Crippen LogP contribution in [-0.2, 0) is 14.3 Å². The lowest BCUT2D eigenvalue weighted by Crippen LogP contribution is -2.33. The largest absolute Gasteiger partial charge is 0.378 e. The molecule has 0 saturated heterocycles. The van der Waals surface area contributed by atoms with Crippen molar-refractivity contribution in [3.8, 4) is 0 Å². The highest BCUT2D eigenvalue weighted by Crippen LogP contribution is 2.21. The Bertz CT molecular complexity index is 329. The van der Waals surface area contributed by atoms with Gasteiger partial charge in [-0.05, 0) is 26.7 Å². The molecule has 0 aromatic heterocycles. The molecule has 1 saturated carbocycles. The molecule has 6 nitrogen and oxygen atoms in total. The number of rotatable bonds is 11. The number of amides is 1. The predicted molar refractivity (Wildman–Crippen MR) is 98.7 cm³/mol. The second-order valence-corrected chi connectivity index (χ2v) is 7.17. The first-order valence-corrected chi connectivity index (χ1v) is 10.00. The minimum atomic E-state index is 0.102. The smallest absolute Gasteiger partial charge is 0.223 e. The van der Waals surface area contributed by atoms with Gasteiger partial charge in [0.05, 0.1) is 26.4 Å². The van der Waals surface area contributed by atoms with Crippen LogP contribution in [0.2, 0.25) is 0 Å². The molecule has 1 amide bonds. The van der Waals surface area contributed by atoms with Gasteiger partial charge < -0.3 is 20.0 Å². The van der Waals surface area contributed by atoms with Crippen LogP contribution >= 0.6 is 0 Å². The van der Waals surface area contributed by atoms with Crippen molar-refractivity contribution in [2.75, 3.05) is 39.5 Å². The molecule has 6 heteroatoms. The molecular formula is C19H38N2O4. The standard InChI is InChI=1S/C19H38N2O4/c1-17(2)21(23)12-14-25-16-15-24-13-11-20-19(22)18-9-7-5-3-4-6-8-10-18/h17-18,23H,3-16H2,1-2H3,(H,20,22). The Labute approximate surface area is 153 Å². The molecule has 0 spiro atoms. The molecule has 0 bridgehead atoms. The number of hydrogen-bond acceptors (Lipinski definition) is 5. The van der Waals surface area contributed by atoms with Crippen LogP contribution in [0.3, 0.4) is 0 Å². The summed E-state index contributed by atoms with van der Waals surface area (Å²) in [5, 5.41) is 13.8. The highest BCUT2D eigenvalue weighted by atomic mass is 16.5. The molecule has 0 aromatic carbocycles. The summed E-state index contributed by atoms with van der Waals surface area (Å²) in [5.41, 5.74) is 0. The topological polar surface area (TPSA) is 71.0 Å². The van der Waals surface area contributed by atoms with Crippen molar-refractivity contribution in [1.82, 2.24) is 10.4 Å². The van der Waals surface area contributed by atoms with Crippen LogP contribution in [0.5, 0.6) is 0 Å². The Morgan fingerprint density at radius 2 is 1.56 bits per heavy atom. The Kier molecular flexibility index (Phi) is 12.9. The molecule has 0 unspecified atom stereocenters. The van der Waals surface area contributed by atoms with Crippen molar-refractivity contribution in [2.24, 2.45) is 5.92 Å². The van der Waals surface area contributed by atoms with Crippen LogP contribution in [0.15, 0.2) is 0 Å². The van der Waals surface area contributed by atoms with Crippen molar-refractivity contribution in [3.63, 3.8) is 0 Å². The lowest BCUT2D eigenvalue weighted by atomic mass is 9.96. The summed E-state index contributed by atoms with van der Waals surface area (Å²) >= 11 is 0. The van der Waals surface area contributed by atoms with E-state index in [4.69, 9.17) is 9.47 Å². The highest BCUT2D eigenvalue weighted by Gasteiger charge is 2.18. The molecule has 0 heterocycles. The number of nitrogens with one attached hydrogen (secondary N) is 1. The average Bonchev–Trinajstić information content (AvgIpc) is 2.73. The van der Waals surface area contributed by atoms with Crippen molar-refractivity contribution in [2.45, 2.75) is 71.3 Å². The molecule has 0 aromatic rings. The van der Waals surface area contributed by atoms with E-state index in [1.807, 2.05) is 13.8 Å². The van der Waals surface area contributed by atoms with E-state index in [1.165, 1.54) is 43.6 Å². The number of hydrogen-bond donors (Lipinski definition) is 2. The van der Waals surface area contributed by atoms with Crippen molar-refractivity contribution < 1.29 is 19.5 Å². The monoisotopic (exact) mass is 358 g/mol.